The van der Waals surface area contributed by atoms with Crippen LogP contribution in [-0.2, 0) is 28.6 Å². The lowest BCUT2D eigenvalue weighted by atomic mass is 10.0. The van der Waals surface area contributed by atoms with Gasteiger partial charge in [0.2, 0.25) is 0 Å². The zero-order valence-corrected chi connectivity index (χ0v) is 53.5. The van der Waals surface area contributed by atoms with E-state index in [1.54, 1.807) is 0 Å². The van der Waals surface area contributed by atoms with Gasteiger partial charge in [-0.1, -0.05) is 323 Å². The summed E-state index contributed by atoms with van der Waals surface area (Å²) in [5, 5.41) is 0. The van der Waals surface area contributed by atoms with Crippen molar-refractivity contribution in [1.29, 1.82) is 0 Å². The third-order valence-corrected chi connectivity index (χ3v) is 15.1. The standard InChI is InChI=1S/C75H130O6/c1-4-7-10-13-16-19-22-25-27-29-30-31-32-33-34-35-36-37-38-39-40-41-42-43-44-46-47-50-53-56-59-62-65-68-74(77)80-71-72(70-79-73(76)67-64-61-58-55-52-49-24-21-18-15-12-9-6-3)81-75(78)69-66-63-60-57-54-51-48-45-28-26-23-20-17-14-11-8-5-2/h7-8,10-11,16-17,19-20,25-28,30-31,33-34,72H,4-6,9,12-15,18,21-24,29,32,35-71H2,1-3H3/b10-7-,11-8-,19-16-,20-17-,27-25-,28-26-,31-30-,34-33-. The highest BCUT2D eigenvalue weighted by molar-refractivity contribution is 5.71. The molecule has 1 atom stereocenters. The Morgan fingerprint density at radius 2 is 0.481 bits per heavy atom. The lowest BCUT2D eigenvalue weighted by molar-refractivity contribution is -0.167. The molecule has 0 amide bonds. The van der Waals surface area contributed by atoms with E-state index in [1.165, 1.54) is 186 Å². The van der Waals surface area contributed by atoms with Gasteiger partial charge in [-0.2, -0.15) is 0 Å². The second kappa shape index (κ2) is 68.8. The molecular weight excluding hydrogens is 997 g/mol. The summed E-state index contributed by atoms with van der Waals surface area (Å²) >= 11 is 0. The van der Waals surface area contributed by atoms with Gasteiger partial charge < -0.3 is 14.2 Å². The fraction of sp³-hybridized carbons (Fsp3) is 0.747. The fourth-order valence-corrected chi connectivity index (χ4v) is 9.96. The lowest BCUT2D eigenvalue weighted by Gasteiger charge is -2.18. The number of hydrogen-bond acceptors (Lipinski definition) is 6. The predicted molar refractivity (Wildman–Crippen MR) is 353 cm³/mol. The summed E-state index contributed by atoms with van der Waals surface area (Å²) in [6, 6.07) is 0. The van der Waals surface area contributed by atoms with Crippen LogP contribution in [0.5, 0.6) is 0 Å². The van der Waals surface area contributed by atoms with E-state index >= 15 is 0 Å². The van der Waals surface area contributed by atoms with Crippen LogP contribution in [0.25, 0.3) is 0 Å². The molecule has 0 radical (unpaired) electrons. The van der Waals surface area contributed by atoms with Gasteiger partial charge in [-0.3, -0.25) is 14.4 Å². The van der Waals surface area contributed by atoms with Crippen molar-refractivity contribution in [3.63, 3.8) is 0 Å². The third kappa shape index (κ3) is 67.0. The molecule has 466 valence electrons. The van der Waals surface area contributed by atoms with Crippen LogP contribution in [0.15, 0.2) is 97.2 Å². The van der Waals surface area contributed by atoms with Gasteiger partial charge in [0.1, 0.15) is 13.2 Å². The molecule has 0 aromatic rings. The fourth-order valence-electron chi connectivity index (χ4n) is 9.96. The first-order chi connectivity index (χ1) is 40.0. The Morgan fingerprint density at radius 1 is 0.259 bits per heavy atom. The first-order valence-corrected chi connectivity index (χ1v) is 34.7. The van der Waals surface area contributed by atoms with E-state index in [2.05, 4.69) is 118 Å². The molecule has 0 aliphatic rings. The van der Waals surface area contributed by atoms with Gasteiger partial charge in [-0.25, -0.2) is 0 Å². The largest absolute Gasteiger partial charge is 0.462 e. The van der Waals surface area contributed by atoms with Crippen molar-refractivity contribution in [2.24, 2.45) is 0 Å². The molecule has 0 saturated heterocycles. The highest BCUT2D eigenvalue weighted by atomic mass is 16.6. The Morgan fingerprint density at radius 3 is 0.753 bits per heavy atom. The maximum Gasteiger partial charge on any atom is 0.306 e. The number of carbonyl (C=O) groups is 3. The molecule has 0 bridgehead atoms. The van der Waals surface area contributed by atoms with E-state index in [-0.39, 0.29) is 31.1 Å². The number of esters is 3. The molecule has 81 heavy (non-hydrogen) atoms. The number of unbranched alkanes of at least 4 members (excludes halogenated alkanes) is 36. The molecule has 0 aliphatic carbocycles. The molecule has 0 aromatic heterocycles. The first kappa shape index (κ1) is 77.3. The molecule has 0 fully saturated rings. The van der Waals surface area contributed by atoms with E-state index in [4.69, 9.17) is 14.2 Å². The molecular formula is C75H130O6. The minimum Gasteiger partial charge on any atom is -0.462 e. The van der Waals surface area contributed by atoms with Gasteiger partial charge in [-0.05, 0) is 96.3 Å². The van der Waals surface area contributed by atoms with Gasteiger partial charge in [0.25, 0.3) is 0 Å². The van der Waals surface area contributed by atoms with Crippen LogP contribution >= 0.6 is 0 Å². The molecule has 0 spiro atoms. The molecule has 1 unspecified atom stereocenters. The average Bonchev–Trinajstić information content (AvgIpc) is 3.46. The van der Waals surface area contributed by atoms with Crippen LogP contribution in [0.1, 0.15) is 342 Å². The van der Waals surface area contributed by atoms with Crippen molar-refractivity contribution in [3.8, 4) is 0 Å². The van der Waals surface area contributed by atoms with Crippen LogP contribution in [0.4, 0.5) is 0 Å². The van der Waals surface area contributed by atoms with Crippen LogP contribution < -0.4 is 0 Å². The molecule has 0 saturated carbocycles. The van der Waals surface area contributed by atoms with Crippen molar-refractivity contribution in [2.75, 3.05) is 13.2 Å². The van der Waals surface area contributed by atoms with Crippen molar-refractivity contribution in [1.82, 2.24) is 0 Å². The molecule has 0 aliphatic heterocycles. The Kier molecular flexibility index (Phi) is 65.7. The summed E-state index contributed by atoms with van der Waals surface area (Å²) < 4.78 is 17.0. The van der Waals surface area contributed by atoms with Crippen molar-refractivity contribution < 1.29 is 28.6 Å². The zero-order valence-electron chi connectivity index (χ0n) is 53.5. The summed E-state index contributed by atoms with van der Waals surface area (Å²) in [4.78, 5) is 38.4. The topological polar surface area (TPSA) is 78.9 Å². The van der Waals surface area contributed by atoms with Crippen molar-refractivity contribution in [2.45, 2.75) is 348 Å². The van der Waals surface area contributed by atoms with E-state index in [0.717, 1.165) is 116 Å². The summed E-state index contributed by atoms with van der Waals surface area (Å²) in [5.41, 5.74) is 0. The molecule has 6 nitrogen and oxygen atoms in total. The predicted octanol–water partition coefficient (Wildman–Crippen LogP) is 24.0. The number of ether oxygens (including phenoxy) is 3. The first-order valence-electron chi connectivity index (χ1n) is 34.7. The van der Waals surface area contributed by atoms with Crippen molar-refractivity contribution >= 4 is 17.9 Å². The quantitative estimate of drug-likeness (QED) is 0.0261. The van der Waals surface area contributed by atoms with E-state index in [9.17, 15) is 14.4 Å². The van der Waals surface area contributed by atoms with E-state index in [1.807, 2.05) is 0 Å². The summed E-state index contributed by atoms with van der Waals surface area (Å²) in [6.07, 6.45) is 92.9. The van der Waals surface area contributed by atoms with Crippen LogP contribution in [0, 0.1) is 0 Å². The van der Waals surface area contributed by atoms with Gasteiger partial charge in [0.15, 0.2) is 6.10 Å². The molecule has 0 aromatic carbocycles. The van der Waals surface area contributed by atoms with Gasteiger partial charge in [0.05, 0.1) is 0 Å². The van der Waals surface area contributed by atoms with Crippen LogP contribution in [0.2, 0.25) is 0 Å². The number of carbonyl (C=O) groups excluding carboxylic acids is 3. The Bertz CT molecular complexity index is 1580. The van der Waals surface area contributed by atoms with Gasteiger partial charge in [0, 0.05) is 19.3 Å². The number of rotatable bonds is 63. The monoisotopic (exact) mass is 1130 g/mol. The molecule has 0 N–H and O–H groups in total. The maximum absolute atomic E-state index is 12.9. The van der Waals surface area contributed by atoms with Crippen molar-refractivity contribution in [3.05, 3.63) is 97.2 Å². The highest BCUT2D eigenvalue weighted by Gasteiger charge is 2.19. The minimum absolute atomic E-state index is 0.0762. The second-order valence-corrected chi connectivity index (χ2v) is 23.0. The van der Waals surface area contributed by atoms with Crippen LogP contribution in [-0.4, -0.2) is 37.2 Å². The normalized spacial score (nSPS) is 12.7. The summed E-state index contributed by atoms with van der Waals surface area (Å²) in [5.74, 6) is -0.869. The number of allylic oxidation sites excluding steroid dienone is 16. The Balaban J connectivity index is 4.17. The summed E-state index contributed by atoms with van der Waals surface area (Å²) in [6.45, 7) is 6.45. The highest BCUT2D eigenvalue weighted by Crippen LogP contribution is 2.18. The zero-order chi connectivity index (χ0) is 58.5. The second-order valence-electron chi connectivity index (χ2n) is 23.0. The Labute approximate surface area is 502 Å². The lowest BCUT2D eigenvalue weighted by Crippen LogP contribution is -2.30. The van der Waals surface area contributed by atoms with Crippen LogP contribution in [0.3, 0.4) is 0 Å². The SMILES string of the molecule is CC/C=C\C/C=C\C/C=C\C/C=C\C/C=C\CCCCCCCCCCCCCCCCCCCC(=O)OCC(COC(=O)CCCCCCCCCCCCCCC)OC(=O)CCCCCCCCC/C=C\C/C=C\C/C=C\CC. The Hall–Kier alpha value is -3.67. The van der Waals surface area contributed by atoms with E-state index < -0.39 is 6.10 Å². The summed E-state index contributed by atoms with van der Waals surface area (Å²) in [7, 11) is 0. The van der Waals surface area contributed by atoms with Gasteiger partial charge >= 0.3 is 17.9 Å². The smallest absolute Gasteiger partial charge is 0.306 e. The molecule has 0 heterocycles. The average molecular weight is 1130 g/mol. The third-order valence-electron chi connectivity index (χ3n) is 15.1. The van der Waals surface area contributed by atoms with Gasteiger partial charge in [-0.15, -0.1) is 0 Å². The van der Waals surface area contributed by atoms with E-state index in [0.29, 0.717) is 19.3 Å². The molecule has 6 heteroatoms. The molecule has 0 rings (SSSR count). The minimum atomic E-state index is -0.781. The number of hydrogen-bond donors (Lipinski definition) is 0. The maximum atomic E-state index is 12.9.